The third-order valence-electron chi connectivity index (χ3n) is 5.98. The highest BCUT2D eigenvalue weighted by molar-refractivity contribution is 4.79. The van der Waals surface area contributed by atoms with Gasteiger partial charge in [0.05, 0.1) is 6.10 Å². The van der Waals surface area contributed by atoms with Gasteiger partial charge < -0.3 is 9.64 Å². The molecular formula is C20H40N2O. The average Bonchev–Trinajstić information content (AvgIpc) is 2.54. The Morgan fingerprint density at radius 3 is 2.09 bits per heavy atom. The third-order valence-corrected chi connectivity index (χ3v) is 5.98. The number of hydrogen-bond acceptors (Lipinski definition) is 3. The van der Waals surface area contributed by atoms with Gasteiger partial charge in [0.15, 0.2) is 0 Å². The smallest absolute Gasteiger partial charge is 0.0575 e. The van der Waals surface area contributed by atoms with E-state index in [1.54, 1.807) is 0 Å². The van der Waals surface area contributed by atoms with E-state index in [0.29, 0.717) is 24.7 Å². The van der Waals surface area contributed by atoms with E-state index < -0.39 is 5.89 Å². The van der Waals surface area contributed by atoms with Crippen molar-refractivity contribution in [2.24, 2.45) is 17.7 Å². The monoisotopic (exact) mass is 325 g/mol. The van der Waals surface area contributed by atoms with Crippen LogP contribution in [-0.2, 0) is 4.74 Å². The molecule has 2 fully saturated rings. The van der Waals surface area contributed by atoms with Crippen LogP contribution in [0.25, 0.3) is 0 Å². The van der Waals surface area contributed by atoms with Gasteiger partial charge in [0.25, 0.3) is 0 Å². The number of piperazine rings is 1. The molecule has 0 amide bonds. The van der Waals surface area contributed by atoms with Crippen molar-refractivity contribution in [3.8, 4) is 0 Å². The lowest BCUT2D eigenvalue weighted by atomic mass is 9.86. The quantitative estimate of drug-likeness (QED) is 0.706. The maximum atomic E-state index is 8.32. The topological polar surface area (TPSA) is 15.7 Å². The van der Waals surface area contributed by atoms with Crippen LogP contribution < -0.4 is 0 Å². The van der Waals surface area contributed by atoms with Gasteiger partial charge >= 0.3 is 0 Å². The zero-order valence-corrected chi connectivity index (χ0v) is 16.2. The van der Waals surface area contributed by atoms with Gasteiger partial charge in [-0.15, -0.1) is 0 Å². The number of rotatable bonds is 7. The zero-order chi connectivity index (χ0) is 17.7. The van der Waals surface area contributed by atoms with Crippen molar-refractivity contribution in [2.45, 2.75) is 72.4 Å². The molecule has 1 aliphatic carbocycles. The van der Waals surface area contributed by atoms with Gasteiger partial charge in [-0.05, 0) is 57.3 Å². The minimum atomic E-state index is -0.451. The molecule has 0 bridgehead atoms. The predicted octanol–water partition coefficient (Wildman–Crippen LogP) is 3.88. The van der Waals surface area contributed by atoms with Crippen LogP contribution in [-0.4, -0.2) is 61.3 Å². The van der Waals surface area contributed by atoms with Crippen molar-refractivity contribution in [3.05, 3.63) is 0 Å². The fourth-order valence-electron chi connectivity index (χ4n) is 3.72. The average molecular weight is 326 g/mol. The standard InChI is InChI=1S/C20H40N2O/c1-16(2)18(5)15-23-20-8-6-19(7-9-20)14-21-10-12-22(13-11-21)17(3)4/h16-20H,6-15H2,1-5H3/i18D. The molecule has 0 N–H and O–H groups in total. The van der Waals surface area contributed by atoms with Gasteiger partial charge in [-0.1, -0.05) is 20.8 Å². The Hall–Kier alpha value is -0.120. The summed E-state index contributed by atoms with van der Waals surface area (Å²) in [5.41, 5.74) is 0. The van der Waals surface area contributed by atoms with Gasteiger partial charge in [-0.3, -0.25) is 4.90 Å². The number of hydrogen-bond donors (Lipinski definition) is 0. The molecule has 0 aromatic rings. The Bertz CT molecular complexity index is 357. The van der Waals surface area contributed by atoms with Crippen molar-refractivity contribution in [1.82, 2.24) is 9.80 Å². The van der Waals surface area contributed by atoms with Crippen molar-refractivity contribution in [2.75, 3.05) is 39.3 Å². The lowest BCUT2D eigenvalue weighted by Crippen LogP contribution is -2.50. The molecular weight excluding hydrogens is 284 g/mol. The SMILES string of the molecule is [2H]C(C)(COC1CCC(CN2CCN(C(C)C)CC2)CC1)C(C)C. The summed E-state index contributed by atoms with van der Waals surface area (Å²) in [6, 6.07) is 0.688. The normalized spacial score (nSPS) is 31.3. The molecule has 3 nitrogen and oxygen atoms in total. The molecule has 1 saturated heterocycles. The van der Waals surface area contributed by atoms with Gasteiger partial charge in [-0.2, -0.15) is 0 Å². The molecule has 1 aliphatic heterocycles. The van der Waals surface area contributed by atoms with Crippen LogP contribution in [0.15, 0.2) is 0 Å². The minimum absolute atomic E-state index is 0.346. The maximum absolute atomic E-state index is 8.32. The van der Waals surface area contributed by atoms with E-state index in [2.05, 4.69) is 37.5 Å². The Balaban J connectivity index is 1.63. The summed E-state index contributed by atoms with van der Waals surface area (Å²) in [6.45, 7) is 17.6. The Kier molecular flexibility index (Phi) is 7.22. The van der Waals surface area contributed by atoms with Crippen LogP contribution in [0.2, 0.25) is 0 Å². The van der Waals surface area contributed by atoms with Crippen molar-refractivity contribution >= 4 is 0 Å². The zero-order valence-electron chi connectivity index (χ0n) is 17.2. The first-order chi connectivity index (χ1) is 11.3. The summed E-state index contributed by atoms with van der Waals surface area (Å²) in [5.74, 6) is 0.744. The lowest BCUT2D eigenvalue weighted by Gasteiger charge is -2.39. The van der Waals surface area contributed by atoms with Crippen LogP contribution in [0, 0.1) is 17.7 Å². The van der Waals surface area contributed by atoms with Crippen molar-refractivity contribution in [3.63, 3.8) is 0 Å². The first kappa shape index (κ1) is 17.7. The molecule has 2 rings (SSSR count). The molecule has 136 valence electrons. The first-order valence-electron chi connectivity index (χ1n) is 10.4. The second-order valence-corrected chi connectivity index (χ2v) is 8.39. The highest BCUT2D eigenvalue weighted by atomic mass is 16.5. The van der Waals surface area contributed by atoms with Crippen LogP contribution in [0.4, 0.5) is 0 Å². The molecule has 2 aliphatic rings. The molecule has 0 aromatic carbocycles. The van der Waals surface area contributed by atoms with Crippen LogP contribution in [0.5, 0.6) is 0 Å². The number of ether oxygens (including phenoxy) is 1. The lowest BCUT2D eigenvalue weighted by molar-refractivity contribution is -0.00982. The largest absolute Gasteiger partial charge is 0.378 e. The summed E-state index contributed by atoms with van der Waals surface area (Å²) in [4.78, 5) is 5.26. The fraction of sp³-hybridized carbons (Fsp3) is 1.00. The van der Waals surface area contributed by atoms with Crippen LogP contribution >= 0.6 is 0 Å². The van der Waals surface area contributed by atoms with E-state index in [1.165, 1.54) is 58.4 Å². The molecule has 1 heterocycles. The van der Waals surface area contributed by atoms with E-state index >= 15 is 0 Å². The fourth-order valence-corrected chi connectivity index (χ4v) is 3.72. The Labute approximate surface area is 146 Å². The summed E-state index contributed by atoms with van der Waals surface area (Å²) in [5, 5.41) is 0. The highest BCUT2D eigenvalue weighted by Gasteiger charge is 2.26. The van der Waals surface area contributed by atoms with E-state index in [1.807, 2.05) is 6.92 Å². The molecule has 1 unspecified atom stereocenters. The van der Waals surface area contributed by atoms with Gasteiger partial charge in [0.1, 0.15) is 0 Å². The molecule has 0 aromatic heterocycles. The molecule has 3 heteroatoms. The van der Waals surface area contributed by atoms with Gasteiger partial charge in [0, 0.05) is 46.7 Å². The second kappa shape index (κ2) is 9.39. The molecule has 0 spiro atoms. The molecule has 1 atom stereocenters. The minimum Gasteiger partial charge on any atom is -0.378 e. The Morgan fingerprint density at radius 2 is 1.57 bits per heavy atom. The van der Waals surface area contributed by atoms with Crippen molar-refractivity contribution < 1.29 is 6.11 Å². The predicted molar refractivity (Wildman–Crippen MR) is 98.8 cm³/mol. The molecule has 23 heavy (non-hydrogen) atoms. The number of nitrogens with zero attached hydrogens (tertiary/aromatic N) is 2. The second-order valence-electron chi connectivity index (χ2n) is 8.39. The molecule has 0 radical (unpaired) electrons. The first-order valence-corrected chi connectivity index (χ1v) is 9.86. The third kappa shape index (κ3) is 6.36. The molecule has 1 saturated carbocycles. The van der Waals surface area contributed by atoms with Crippen LogP contribution in [0.3, 0.4) is 0 Å². The van der Waals surface area contributed by atoms with E-state index in [9.17, 15) is 0 Å². The van der Waals surface area contributed by atoms with Gasteiger partial charge in [-0.25, -0.2) is 0 Å². The van der Waals surface area contributed by atoms with Crippen molar-refractivity contribution in [1.29, 1.82) is 0 Å². The summed E-state index contributed by atoms with van der Waals surface area (Å²) >= 11 is 0. The summed E-state index contributed by atoms with van der Waals surface area (Å²) < 4.78 is 14.4. The Morgan fingerprint density at radius 1 is 0.957 bits per heavy atom. The summed E-state index contributed by atoms with van der Waals surface area (Å²) in [7, 11) is 0. The maximum Gasteiger partial charge on any atom is 0.0575 e. The van der Waals surface area contributed by atoms with E-state index in [-0.39, 0.29) is 0 Å². The van der Waals surface area contributed by atoms with E-state index in [0.717, 1.165) is 5.92 Å². The van der Waals surface area contributed by atoms with Gasteiger partial charge in [0.2, 0.25) is 0 Å². The highest BCUT2D eigenvalue weighted by Crippen LogP contribution is 2.28. The van der Waals surface area contributed by atoms with E-state index in [4.69, 9.17) is 6.11 Å². The van der Waals surface area contributed by atoms with Crippen LogP contribution in [0.1, 0.15) is 61.7 Å². The summed E-state index contributed by atoms with van der Waals surface area (Å²) in [6.07, 6.45) is 5.36.